The summed E-state index contributed by atoms with van der Waals surface area (Å²) in [5.74, 6) is -1.13. The number of aromatic nitrogens is 1. The number of benzene rings is 1. The molecular formula is C14H5Cl5F3NO2. The molecule has 0 bridgehead atoms. The van der Waals surface area contributed by atoms with Crippen LogP contribution in [-0.2, 0) is 10.9 Å². The van der Waals surface area contributed by atoms with E-state index in [9.17, 15) is 18.0 Å². The van der Waals surface area contributed by atoms with Crippen molar-refractivity contribution in [2.45, 2.75) is 6.18 Å². The minimum absolute atomic E-state index is 0.0932. The molecule has 1 heterocycles. The highest BCUT2D eigenvalue weighted by molar-refractivity contribution is 6.56. The highest BCUT2D eigenvalue weighted by Gasteiger charge is 2.35. The van der Waals surface area contributed by atoms with Crippen molar-refractivity contribution >= 4 is 64.0 Å². The van der Waals surface area contributed by atoms with Crippen molar-refractivity contribution in [1.82, 2.24) is 4.98 Å². The molecule has 0 saturated carbocycles. The van der Waals surface area contributed by atoms with Crippen LogP contribution in [0.5, 0.6) is 0 Å². The summed E-state index contributed by atoms with van der Waals surface area (Å²) in [6.45, 7) is 0. The molecule has 0 N–H and O–H groups in total. The largest absolute Gasteiger partial charge is 0.464 e. The topological polar surface area (TPSA) is 39.2 Å². The van der Waals surface area contributed by atoms with Crippen LogP contribution in [0.25, 0.3) is 11.1 Å². The molecule has 1 aromatic carbocycles. The summed E-state index contributed by atoms with van der Waals surface area (Å²) >= 11 is 30.0. The minimum Gasteiger partial charge on any atom is -0.464 e. The lowest BCUT2D eigenvalue weighted by atomic mass is 10.0. The molecule has 134 valence electrons. The van der Waals surface area contributed by atoms with E-state index in [0.717, 1.165) is 13.2 Å². The van der Waals surface area contributed by atoms with Gasteiger partial charge in [0, 0.05) is 11.1 Å². The molecule has 0 atom stereocenters. The molecule has 3 nitrogen and oxygen atoms in total. The van der Waals surface area contributed by atoms with Crippen LogP contribution in [0.2, 0.25) is 25.1 Å². The van der Waals surface area contributed by atoms with Gasteiger partial charge in [0.1, 0.15) is 5.69 Å². The maximum absolute atomic E-state index is 12.9. The van der Waals surface area contributed by atoms with Gasteiger partial charge >= 0.3 is 12.1 Å². The predicted octanol–water partition coefficient (Wildman–Crippen LogP) is 6.82. The quantitative estimate of drug-likeness (QED) is 0.285. The van der Waals surface area contributed by atoms with Gasteiger partial charge in [-0.25, -0.2) is 9.78 Å². The van der Waals surface area contributed by atoms with Crippen LogP contribution in [0.3, 0.4) is 0 Å². The Labute approximate surface area is 164 Å². The number of nitrogens with zero attached hydrogens (tertiary/aromatic N) is 1. The van der Waals surface area contributed by atoms with Gasteiger partial charge in [0.25, 0.3) is 0 Å². The molecule has 0 spiro atoms. The smallest absolute Gasteiger partial charge is 0.433 e. The average Bonchev–Trinajstić information content (AvgIpc) is 2.57. The lowest BCUT2D eigenvalue weighted by molar-refractivity contribution is -0.141. The van der Waals surface area contributed by atoms with Crippen molar-refractivity contribution in [2.24, 2.45) is 0 Å². The van der Waals surface area contributed by atoms with Crippen molar-refractivity contribution < 1.29 is 22.7 Å². The van der Waals surface area contributed by atoms with Crippen molar-refractivity contribution in [3.63, 3.8) is 0 Å². The first-order chi connectivity index (χ1) is 11.5. The molecule has 0 amide bonds. The second-order valence-electron chi connectivity index (χ2n) is 4.53. The number of alkyl halides is 3. The zero-order chi connectivity index (χ0) is 19.1. The van der Waals surface area contributed by atoms with Gasteiger partial charge in [-0.1, -0.05) is 58.0 Å². The van der Waals surface area contributed by atoms with Gasteiger partial charge in [-0.05, 0) is 12.1 Å². The highest BCUT2D eigenvalue weighted by Crippen LogP contribution is 2.49. The third-order valence-corrected chi connectivity index (χ3v) is 5.32. The van der Waals surface area contributed by atoms with Crippen molar-refractivity contribution in [3.8, 4) is 11.1 Å². The number of ether oxygens (including phenoxy) is 1. The van der Waals surface area contributed by atoms with Crippen molar-refractivity contribution in [2.75, 3.05) is 7.11 Å². The van der Waals surface area contributed by atoms with E-state index in [4.69, 9.17) is 58.0 Å². The van der Waals surface area contributed by atoms with Crippen LogP contribution in [0.15, 0.2) is 12.1 Å². The Morgan fingerprint density at radius 1 is 0.960 bits per heavy atom. The maximum Gasteiger partial charge on any atom is 0.433 e. The van der Waals surface area contributed by atoms with Gasteiger partial charge < -0.3 is 4.74 Å². The van der Waals surface area contributed by atoms with E-state index >= 15 is 0 Å². The van der Waals surface area contributed by atoms with Crippen molar-refractivity contribution in [1.29, 1.82) is 0 Å². The lowest BCUT2D eigenvalue weighted by Crippen LogP contribution is -2.14. The number of methoxy groups -OCH3 is 1. The first-order valence-electron chi connectivity index (χ1n) is 6.19. The summed E-state index contributed by atoms with van der Waals surface area (Å²) < 4.78 is 43.1. The fraction of sp³-hybridized carbons (Fsp3) is 0.143. The third-order valence-electron chi connectivity index (χ3n) is 3.04. The summed E-state index contributed by atoms with van der Waals surface area (Å²) in [6.07, 6.45) is -4.77. The molecule has 0 aliphatic rings. The van der Waals surface area contributed by atoms with E-state index < -0.39 is 23.5 Å². The molecule has 0 unspecified atom stereocenters. The molecule has 0 saturated heterocycles. The minimum atomic E-state index is -4.77. The monoisotopic (exact) mass is 451 g/mol. The van der Waals surface area contributed by atoms with Gasteiger partial charge in [0.2, 0.25) is 0 Å². The van der Waals surface area contributed by atoms with E-state index in [1.165, 1.54) is 0 Å². The Bertz CT molecular complexity index is 842. The van der Waals surface area contributed by atoms with E-state index in [0.29, 0.717) is 6.07 Å². The first kappa shape index (κ1) is 20.4. The summed E-state index contributed by atoms with van der Waals surface area (Å²) in [7, 11) is 0.985. The van der Waals surface area contributed by atoms with E-state index in [1.54, 1.807) is 0 Å². The highest BCUT2D eigenvalue weighted by atomic mass is 35.5. The average molecular weight is 453 g/mol. The number of esters is 1. The SMILES string of the molecule is COC(=O)c1nc(C(F)(F)F)ccc1-c1c(Cl)c(Cl)c(Cl)c(Cl)c1Cl. The number of hydrogen-bond donors (Lipinski definition) is 0. The number of rotatable bonds is 2. The fourth-order valence-corrected chi connectivity index (χ4v) is 3.25. The summed E-state index contributed by atoms with van der Waals surface area (Å²) in [5.41, 5.74) is -2.19. The molecule has 1 aromatic heterocycles. The van der Waals surface area contributed by atoms with Gasteiger partial charge in [-0.15, -0.1) is 0 Å². The van der Waals surface area contributed by atoms with E-state index in [1.807, 2.05) is 0 Å². The van der Waals surface area contributed by atoms with Gasteiger partial charge in [0.05, 0.1) is 32.2 Å². The zero-order valence-corrected chi connectivity index (χ0v) is 15.7. The Kier molecular flexibility index (Phi) is 6.01. The van der Waals surface area contributed by atoms with Gasteiger partial charge in [-0.2, -0.15) is 13.2 Å². The molecule has 2 aromatic rings. The Balaban J connectivity index is 2.87. The first-order valence-corrected chi connectivity index (χ1v) is 8.08. The Morgan fingerprint density at radius 3 is 1.88 bits per heavy atom. The number of halogens is 8. The maximum atomic E-state index is 12.9. The Morgan fingerprint density at radius 2 is 1.44 bits per heavy atom. The van der Waals surface area contributed by atoms with E-state index in [-0.39, 0.29) is 36.2 Å². The van der Waals surface area contributed by atoms with Gasteiger partial charge in [0.15, 0.2) is 5.69 Å². The standard InChI is InChI=1S/C14H5Cl5F3NO2/c1-25-13(24)12-4(2-3-5(23-12)14(20,21)22)6-7(15)9(17)11(19)10(18)8(6)16/h2-3H,1H3. The van der Waals surface area contributed by atoms with Gasteiger partial charge in [-0.3, -0.25) is 0 Å². The lowest BCUT2D eigenvalue weighted by Gasteiger charge is -2.16. The molecule has 2 rings (SSSR count). The zero-order valence-electron chi connectivity index (χ0n) is 11.9. The summed E-state index contributed by atoms with van der Waals surface area (Å²) in [5, 5.41) is -0.894. The Hall–Kier alpha value is -0.920. The number of carbonyl (C=O) groups excluding carboxylic acids is 1. The van der Waals surface area contributed by atoms with Crippen LogP contribution in [-0.4, -0.2) is 18.1 Å². The number of pyridine rings is 1. The molecular weight excluding hydrogens is 448 g/mol. The summed E-state index contributed by atoms with van der Waals surface area (Å²) in [6, 6.07) is 1.63. The number of hydrogen-bond acceptors (Lipinski definition) is 3. The second kappa shape index (κ2) is 7.37. The summed E-state index contributed by atoms with van der Waals surface area (Å²) in [4.78, 5) is 15.2. The van der Waals surface area contributed by atoms with E-state index in [2.05, 4.69) is 9.72 Å². The molecule has 0 aliphatic heterocycles. The van der Waals surface area contributed by atoms with Crippen LogP contribution in [0, 0.1) is 0 Å². The molecule has 25 heavy (non-hydrogen) atoms. The fourth-order valence-electron chi connectivity index (χ4n) is 1.91. The predicted molar refractivity (Wildman–Crippen MR) is 91.1 cm³/mol. The molecule has 0 radical (unpaired) electrons. The normalized spacial score (nSPS) is 11.6. The molecule has 0 aliphatic carbocycles. The second-order valence-corrected chi connectivity index (χ2v) is 6.42. The molecule has 0 fully saturated rings. The molecule has 11 heteroatoms. The van der Waals surface area contributed by atoms with Crippen LogP contribution in [0.1, 0.15) is 16.2 Å². The van der Waals surface area contributed by atoms with Crippen LogP contribution in [0.4, 0.5) is 13.2 Å². The van der Waals surface area contributed by atoms with Crippen molar-refractivity contribution in [3.05, 3.63) is 48.6 Å². The van der Waals surface area contributed by atoms with Crippen LogP contribution < -0.4 is 0 Å². The number of carbonyl (C=O) groups is 1. The third kappa shape index (κ3) is 3.78. The van der Waals surface area contributed by atoms with Crippen LogP contribution >= 0.6 is 58.0 Å².